The lowest BCUT2D eigenvalue weighted by atomic mass is 10.2. The van der Waals surface area contributed by atoms with E-state index in [1.54, 1.807) is 30.2 Å². The summed E-state index contributed by atoms with van der Waals surface area (Å²) < 4.78 is 5.12. The molecule has 0 aromatic carbocycles. The Morgan fingerprint density at radius 1 is 1.50 bits per heavy atom. The van der Waals surface area contributed by atoms with Gasteiger partial charge in [-0.1, -0.05) is 6.92 Å². The van der Waals surface area contributed by atoms with Crippen molar-refractivity contribution in [3.05, 3.63) is 24.2 Å². The van der Waals surface area contributed by atoms with Crippen molar-refractivity contribution in [1.29, 1.82) is 0 Å². The molecule has 1 aliphatic heterocycles. The average Bonchev–Trinajstić information content (AvgIpc) is 2.70. The van der Waals surface area contributed by atoms with E-state index in [1.165, 1.54) is 0 Å². The van der Waals surface area contributed by atoms with Gasteiger partial charge in [-0.25, -0.2) is 0 Å². The predicted molar refractivity (Wildman–Crippen MR) is 61.2 cm³/mol. The highest BCUT2D eigenvalue weighted by Crippen LogP contribution is 2.33. The van der Waals surface area contributed by atoms with Crippen LogP contribution in [-0.4, -0.2) is 27.8 Å². The molecule has 0 bridgehead atoms. The van der Waals surface area contributed by atoms with Crippen LogP contribution in [0.1, 0.15) is 17.5 Å². The molecule has 1 aromatic heterocycles. The van der Waals surface area contributed by atoms with Gasteiger partial charge in [-0.15, -0.1) is 11.8 Å². The minimum absolute atomic E-state index is 0.0694. The number of Topliss-reactive ketones (excluding diaryl/α,β-unsaturated/α-hetero) is 1. The normalized spacial score (nSPS) is 27.5. The topological polar surface area (TPSA) is 30.2 Å². The van der Waals surface area contributed by atoms with Crippen molar-refractivity contribution >= 4 is 29.3 Å². The number of thioether (sulfide) groups is 2. The number of rotatable bonds is 2. The highest BCUT2D eigenvalue weighted by molar-refractivity contribution is 8.07. The summed E-state index contributed by atoms with van der Waals surface area (Å²) >= 11 is 3.62. The smallest absolute Gasteiger partial charge is 0.211 e. The summed E-state index contributed by atoms with van der Waals surface area (Å²) in [7, 11) is 0. The first-order chi connectivity index (χ1) is 6.79. The lowest BCUT2D eigenvalue weighted by molar-refractivity contribution is 0.0963. The van der Waals surface area contributed by atoms with Gasteiger partial charge >= 0.3 is 0 Å². The summed E-state index contributed by atoms with van der Waals surface area (Å²) in [6.07, 6.45) is 1.55. The predicted octanol–water partition coefficient (Wildman–Crippen LogP) is 2.70. The van der Waals surface area contributed by atoms with E-state index in [4.69, 9.17) is 4.42 Å². The molecule has 1 aliphatic rings. The summed E-state index contributed by atoms with van der Waals surface area (Å²) in [4.78, 5) is 11.9. The lowest BCUT2D eigenvalue weighted by Crippen LogP contribution is -2.30. The van der Waals surface area contributed by atoms with E-state index in [1.807, 2.05) is 11.8 Å². The fraction of sp³-hybridized carbons (Fsp3) is 0.500. The van der Waals surface area contributed by atoms with Crippen LogP contribution < -0.4 is 0 Å². The first-order valence-electron chi connectivity index (χ1n) is 4.60. The molecule has 1 saturated heterocycles. The Morgan fingerprint density at radius 2 is 2.29 bits per heavy atom. The van der Waals surface area contributed by atoms with Crippen molar-refractivity contribution < 1.29 is 9.21 Å². The Morgan fingerprint density at radius 3 is 2.93 bits per heavy atom. The Balaban J connectivity index is 2.10. The highest BCUT2D eigenvalue weighted by Gasteiger charge is 2.30. The van der Waals surface area contributed by atoms with Crippen molar-refractivity contribution in [3.63, 3.8) is 0 Å². The van der Waals surface area contributed by atoms with E-state index in [9.17, 15) is 4.79 Å². The van der Waals surface area contributed by atoms with Crippen molar-refractivity contribution in [2.75, 3.05) is 11.5 Å². The quantitative estimate of drug-likeness (QED) is 0.728. The molecule has 2 nitrogen and oxygen atoms in total. The zero-order valence-corrected chi connectivity index (χ0v) is 9.57. The van der Waals surface area contributed by atoms with Gasteiger partial charge < -0.3 is 4.42 Å². The van der Waals surface area contributed by atoms with Gasteiger partial charge in [0.15, 0.2) is 5.76 Å². The first-order valence-corrected chi connectivity index (χ1v) is 6.69. The van der Waals surface area contributed by atoms with E-state index in [0.29, 0.717) is 11.0 Å². The molecule has 0 amide bonds. The van der Waals surface area contributed by atoms with E-state index < -0.39 is 0 Å². The number of furan rings is 1. The summed E-state index contributed by atoms with van der Waals surface area (Å²) in [5.41, 5.74) is 0. The molecule has 0 radical (unpaired) electrons. The molecule has 14 heavy (non-hydrogen) atoms. The van der Waals surface area contributed by atoms with Gasteiger partial charge in [-0.2, -0.15) is 11.8 Å². The second-order valence-corrected chi connectivity index (χ2v) is 5.94. The van der Waals surface area contributed by atoms with Crippen molar-refractivity contribution in [3.8, 4) is 0 Å². The minimum Gasteiger partial charge on any atom is -0.461 e. The maximum absolute atomic E-state index is 11.9. The molecular formula is C10H12O2S2. The molecule has 1 fully saturated rings. The molecule has 4 heteroatoms. The molecule has 2 atom stereocenters. The first kappa shape index (κ1) is 10.2. The summed E-state index contributed by atoms with van der Waals surface area (Å²) in [6, 6.07) is 3.51. The minimum atomic E-state index is 0.0694. The van der Waals surface area contributed by atoms with E-state index in [2.05, 4.69) is 6.92 Å². The zero-order chi connectivity index (χ0) is 9.97. The van der Waals surface area contributed by atoms with Crippen molar-refractivity contribution in [2.45, 2.75) is 17.4 Å². The van der Waals surface area contributed by atoms with Crippen molar-refractivity contribution in [1.82, 2.24) is 0 Å². The van der Waals surface area contributed by atoms with Gasteiger partial charge in [0.05, 0.1) is 11.5 Å². The highest BCUT2D eigenvalue weighted by atomic mass is 32.2. The van der Waals surface area contributed by atoms with Crippen LogP contribution in [0.5, 0.6) is 0 Å². The lowest BCUT2D eigenvalue weighted by Gasteiger charge is -2.25. The fourth-order valence-corrected chi connectivity index (χ4v) is 4.18. The third-order valence-corrected chi connectivity index (χ3v) is 5.30. The molecule has 2 unspecified atom stereocenters. The van der Waals surface area contributed by atoms with Crippen LogP contribution in [0.15, 0.2) is 22.8 Å². The van der Waals surface area contributed by atoms with Gasteiger partial charge in [0.2, 0.25) is 5.78 Å². The molecule has 2 rings (SSSR count). The van der Waals surface area contributed by atoms with Crippen LogP contribution in [0.2, 0.25) is 0 Å². The second-order valence-electron chi connectivity index (χ2n) is 3.21. The number of carbonyl (C=O) groups excluding carboxylic acids is 1. The van der Waals surface area contributed by atoms with Crippen LogP contribution in [0.25, 0.3) is 0 Å². The van der Waals surface area contributed by atoms with Gasteiger partial charge in [0.25, 0.3) is 0 Å². The fourth-order valence-electron chi connectivity index (χ4n) is 1.48. The average molecular weight is 228 g/mol. The Labute approximate surface area is 91.8 Å². The molecule has 1 aromatic rings. The Hall–Kier alpha value is -0.350. The standard InChI is InChI=1S/C10H12O2S2/c1-7-10(14-6-5-13-7)9(11)8-3-2-4-12-8/h2-4,7,10H,5-6H2,1H3. The largest absolute Gasteiger partial charge is 0.461 e. The van der Waals surface area contributed by atoms with E-state index >= 15 is 0 Å². The van der Waals surface area contributed by atoms with Gasteiger partial charge in [0, 0.05) is 16.8 Å². The molecule has 76 valence electrons. The number of carbonyl (C=O) groups is 1. The van der Waals surface area contributed by atoms with E-state index in [0.717, 1.165) is 11.5 Å². The maximum atomic E-state index is 11.9. The summed E-state index contributed by atoms with van der Waals surface area (Å²) in [5.74, 6) is 2.84. The van der Waals surface area contributed by atoms with Crippen LogP contribution >= 0.6 is 23.5 Å². The van der Waals surface area contributed by atoms with Gasteiger partial charge in [0.1, 0.15) is 0 Å². The van der Waals surface area contributed by atoms with Crippen LogP contribution in [0.4, 0.5) is 0 Å². The van der Waals surface area contributed by atoms with E-state index in [-0.39, 0.29) is 11.0 Å². The summed E-state index contributed by atoms with van der Waals surface area (Å²) in [6.45, 7) is 2.11. The van der Waals surface area contributed by atoms with Crippen LogP contribution in [-0.2, 0) is 0 Å². The number of ketones is 1. The third-order valence-electron chi connectivity index (χ3n) is 2.21. The Kier molecular flexibility index (Phi) is 3.23. The molecule has 0 saturated carbocycles. The van der Waals surface area contributed by atoms with Crippen molar-refractivity contribution in [2.24, 2.45) is 0 Å². The maximum Gasteiger partial charge on any atom is 0.211 e. The zero-order valence-electron chi connectivity index (χ0n) is 7.93. The molecular weight excluding hydrogens is 216 g/mol. The Bertz CT molecular complexity index is 308. The van der Waals surface area contributed by atoms with Crippen LogP contribution in [0, 0.1) is 0 Å². The summed E-state index contributed by atoms with van der Waals surface area (Å²) in [5, 5.41) is 0.464. The molecule has 0 N–H and O–H groups in total. The monoisotopic (exact) mass is 228 g/mol. The molecule has 2 heterocycles. The van der Waals surface area contributed by atoms with Crippen LogP contribution in [0.3, 0.4) is 0 Å². The molecule has 0 aliphatic carbocycles. The SMILES string of the molecule is CC1SCCSC1C(=O)c1ccco1. The number of hydrogen-bond acceptors (Lipinski definition) is 4. The van der Waals surface area contributed by atoms with Gasteiger partial charge in [-0.3, -0.25) is 4.79 Å². The number of hydrogen-bond donors (Lipinski definition) is 0. The van der Waals surface area contributed by atoms with Gasteiger partial charge in [-0.05, 0) is 12.1 Å². The third kappa shape index (κ3) is 2.01. The molecule has 0 spiro atoms. The second kappa shape index (κ2) is 4.45.